The largest absolute Gasteiger partial charge is 0.466 e. The van der Waals surface area contributed by atoms with Crippen LogP contribution in [0.5, 0.6) is 0 Å². The molecule has 1 fully saturated rings. The number of hydrogen-bond acceptors (Lipinski definition) is 3. The smallest absolute Gasteiger partial charge is 0.255 e. The molecule has 3 rings (SSSR count). The minimum Gasteiger partial charge on any atom is -0.466 e. The monoisotopic (exact) mass is 323 g/mol. The minimum absolute atomic E-state index is 0.0232. The Bertz CT molecular complexity index is 664. The first-order chi connectivity index (χ1) is 10.5. The average Bonchev–Trinajstić information content (AvgIpc) is 3.20. The Balaban J connectivity index is 1.77. The van der Waals surface area contributed by atoms with Crippen molar-refractivity contribution in [3.8, 4) is 0 Å². The maximum Gasteiger partial charge on any atom is 0.255 e. The second-order valence-electron chi connectivity index (χ2n) is 5.46. The molecule has 2 aromatic rings. The molecule has 4 nitrogen and oxygen atoms in total. The predicted molar refractivity (Wildman–Crippen MR) is 79.1 cm³/mol. The van der Waals surface area contributed by atoms with Crippen LogP contribution in [-0.2, 0) is 5.60 Å². The normalized spacial score (nSPS) is 17.0. The molecule has 0 bridgehead atoms. The number of furan rings is 1. The molecule has 6 heteroatoms. The van der Waals surface area contributed by atoms with Crippen LogP contribution in [0.2, 0.25) is 5.02 Å². The maximum atomic E-state index is 13.7. The lowest BCUT2D eigenvalue weighted by Crippen LogP contribution is -2.42. The van der Waals surface area contributed by atoms with E-state index in [9.17, 15) is 14.3 Å². The standard InChI is InChI=1S/C16H15ClFNO3/c17-11-3-1-4-12(18)14(11)15(20)19-9-16(21,10-6-7-10)13-5-2-8-22-13/h1-5,8,10,21H,6-7,9H2,(H,19,20)/t16-/m1/s1. The van der Waals surface area contributed by atoms with Gasteiger partial charge in [0.1, 0.15) is 17.2 Å². The fourth-order valence-electron chi connectivity index (χ4n) is 2.54. The number of carbonyl (C=O) groups excluding carboxylic acids is 1. The second kappa shape index (κ2) is 5.74. The van der Waals surface area contributed by atoms with Crippen molar-refractivity contribution in [2.45, 2.75) is 18.4 Å². The highest BCUT2D eigenvalue weighted by molar-refractivity contribution is 6.33. The van der Waals surface area contributed by atoms with E-state index in [1.54, 1.807) is 12.1 Å². The lowest BCUT2D eigenvalue weighted by atomic mass is 9.94. The van der Waals surface area contributed by atoms with Gasteiger partial charge in [-0.2, -0.15) is 0 Å². The molecule has 1 atom stereocenters. The average molecular weight is 324 g/mol. The summed E-state index contributed by atoms with van der Waals surface area (Å²) in [5, 5.41) is 13.4. The van der Waals surface area contributed by atoms with E-state index >= 15 is 0 Å². The molecule has 1 aromatic carbocycles. The molecule has 0 unspecified atom stereocenters. The number of aliphatic hydroxyl groups is 1. The van der Waals surface area contributed by atoms with E-state index in [0.717, 1.165) is 12.8 Å². The number of carbonyl (C=O) groups is 1. The van der Waals surface area contributed by atoms with E-state index in [1.807, 2.05) is 0 Å². The summed E-state index contributed by atoms with van der Waals surface area (Å²) in [6.07, 6.45) is 3.18. The molecule has 0 saturated heterocycles. The fraction of sp³-hybridized carbons (Fsp3) is 0.312. The molecular weight excluding hydrogens is 309 g/mol. The Morgan fingerprint density at radius 3 is 2.77 bits per heavy atom. The van der Waals surface area contributed by atoms with Crippen LogP contribution in [-0.4, -0.2) is 17.6 Å². The lowest BCUT2D eigenvalue weighted by Gasteiger charge is -2.26. The Morgan fingerprint density at radius 1 is 1.41 bits per heavy atom. The minimum atomic E-state index is -1.28. The molecular formula is C16H15ClFNO3. The third-order valence-corrected chi connectivity index (χ3v) is 4.22. The second-order valence-corrected chi connectivity index (χ2v) is 5.86. The first kappa shape index (κ1) is 15.1. The quantitative estimate of drug-likeness (QED) is 0.888. The van der Waals surface area contributed by atoms with Crippen molar-refractivity contribution in [2.24, 2.45) is 5.92 Å². The summed E-state index contributed by atoms with van der Waals surface area (Å²) < 4.78 is 19.0. The van der Waals surface area contributed by atoms with Crippen molar-refractivity contribution in [3.05, 3.63) is 58.8 Å². The van der Waals surface area contributed by atoms with E-state index < -0.39 is 17.3 Å². The van der Waals surface area contributed by atoms with Crippen molar-refractivity contribution in [3.63, 3.8) is 0 Å². The summed E-state index contributed by atoms with van der Waals surface area (Å²) in [6, 6.07) is 7.39. The highest BCUT2D eigenvalue weighted by Gasteiger charge is 2.47. The van der Waals surface area contributed by atoms with Gasteiger partial charge in [-0.05, 0) is 43.0 Å². The SMILES string of the molecule is O=C(NC[C@](O)(c1ccco1)C1CC1)c1c(F)cccc1Cl. The first-order valence-corrected chi connectivity index (χ1v) is 7.39. The van der Waals surface area contributed by atoms with Crippen LogP contribution in [0.25, 0.3) is 0 Å². The molecule has 2 N–H and O–H groups in total. The highest BCUT2D eigenvalue weighted by atomic mass is 35.5. The summed E-state index contributed by atoms with van der Waals surface area (Å²) in [7, 11) is 0. The van der Waals surface area contributed by atoms with Gasteiger partial charge in [0.15, 0.2) is 0 Å². The zero-order valence-electron chi connectivity index (χ0n) is 11.7. The van der Waals surface area contributed by atoms with Gasteiger partial charge in [0.25, 0.3) is 5.91 Å². The van der Waals surface area contributed by atoms with Crippen LogP contribution in [0.3, 0.4) is 0 Å². The molecule has 0 aliphatic heterocycles. The van der Waals surface area contributed by atoms with Crippen LogP contribution in [0.1, 0.15) is 29.0 Å². The number of nitrogens with one attached hydrogen (secondary N) is 1. The van der Waals surface area contributed by atoms with Gasteiger partial charge in [-0.1, -0.05) is 17.7 Å². The molecule has 1 saturated carbocycles. The number of amides is 1. The molecule has 0 radical (unpaired) electrons. The summed E-state index contributed by atoms with van der Waals surface area (Å²) >= 11 is 5.87. The third-order valence-electron chi connectivity index (χ3n) is 3.91. The molecule has 1 aromatic heterocycles. The van der Waals surface area contributed by atoms with Gasteiger partial charge in [-0.3, -0.25) is 4.79 Å². The van der Waals surface area contributed by atoms with Crippen LogP contribution < -0.4 is 5.32 Å². The molecule has 1 heterocycles. The Hall–Kier alpha value is -1.85. The van der Waals surface area contributed by atoms with Gasteiger partial charge in [-0.15, -0.1) is 0 Å². The zero-order valence-corrected chi connectivity index (χ0v) is 12.4. The van der Waals surface area contributed by atoms with Gasteiger partial charge in [-0.25, -0.2) is 4.39 Å². The van der Waals surface area contributed by atoms with Crippen LogP contribution in [0, 0.1) is 11.7 Å². The van der Waals surface area contributed by atoms with Crippen molar-refractivity contribution in [1.82, 2.24) is 5.32 Å². The Labute approximate surface area is 131 Å². The Morgan fingerprint density at radius 2 is 2.18 bits per heavy atom. The van der Waals surface area contributed by atoms with Gasteiger partial charge < -0.3 is 14.8 Å². The first-order valence-electron chi connectivity index (χ1n) is 7.01. The van der Waals surface area contributed by atoms with Crippen molar-refractivity contribution in [2.75, 3.05) is 6.54 Å². The maximum absolute atomic E-state index is 13.7. The third kappa shape index (κ3) is 2.74. The zero-order chi connectivity index (χ0) is 15.7. The van der Waals surface area contributed by atoms with Crippen molar-refractivity contribution in [1.29, 1.82) is 0 Å². The van der Waals surface area contributed by atoms with E-state index in [0.29, 0.717) is 5.76 Å². The topological polar surface area (TPSA) is 62.5 Å². The molecule has 1 aliphatic carbocycles. The predicted octanol–water partition coefficient (Wildman–Crippen LogP) is 3.10. The van der Waals surface area contributed by atoms with E-state index in [2.05, 4.69) is 5.32 Å². The summed E-state index contributed by atoms with van der Waals surface area (Å²) in [5.41, 5.74) is -1.50. The van der Waals surface area contributed by atoms with Crippen molar-refractivity contribution < 1.29 is 18.7 Å². The molecule has 1 aliphatic rings. The van der Waals surface area contributed by atoms with Crippen LogP contribution in [0.15, 0.2) is 41.0 Å². The van der Waals surface area contributed by atoms with Gasteiger partial charge in [0.2, 0.25) is 0 Å². The number of halogens is 2. The van der Waals surface area contributed by atoms with Crippen LogP contribution >= 0.6 is 11.6 Å². The molecule has 22 heavy (non-hydrogen) atoms. The van der Waals surface area contributed by atoms with E-state index in [-0.39, 0.29) is 23.0 Å². The summed E-state index contributed by atoms with van der Waals surface area (Å²) in [5.74, 6) is -0.934. The van der Waals surface area contributed by atoms with Gasteiger partial charge in [0.05, 0.1) is 23.4 Å². The molecule has 116 valence electrons. The van der Waals surface area contributed by atoms with E-state index in [4.69, 9.17) is 16.0 Å². The number of rotatable bonds is 5. The van der Waals surface area contributed by atoms with E-state index in [1.165, 1.54) is 24.5 Å². The number of benzene rings is 1. The summed E-state index contributed by atoms with van der Waals surface area (Å²) in [4.78, 5) is 12.2. The molecule has 0 spiro atoms. The fourth-order valence-corrected chi connectivity index (χ4v) is 2.79. The van der Waals surface area contributed by atoms with Gasteiger partial charge >= 0.3 is 0 Å². The highest BCUT2D eigenvalue weighted by Crippen LogP contribution is 2.45. The molecule has 1 amide bonds. The van der Waals surface area contributed by atoms with Crippen molar-refractivity contribution >= 4 is 17.5 Å². The van der Waals surface area contributed by atoms with Gasteiger partial charge in [0, 0.05) is 0 Å². The summed E-state index contributed by atoms with van der Waals surface area (Å²) in [6.45, 7) is -0.0608. The lowest BCUT2D eigenvalue weighted by molar-refractivity contribution is -0.00614. The Kier molecular flexibility index (Phi) is 3.93. The number of hydrogen-bond donors (Lipinski definition) is 2. The van der Waals surface area contributed by atoms with Crippen LogP contribution in [0.4, 0.5) is 4.39 Å².